The van der Waals surface area contributed by atoms with Crippen LogP contribution in [0.25, 0.3) is 0 Å². The molecule has 94 valence electrons. The third-order valence-corrected chi connectivity index (χ3v) is 4.19. The summed E-state index contributed by atoms with van der Waals surface area (Å²) in [5, 5.41) is 13.1. The van der Waals surface area contributed by atoms with Crippen molar-refractivity contribution >= 4 is 28.1 Å². The largest absolute Gasteiger partial charge is 0.361 e. The summed E-state index contributed by atoms with van der Waals surface area (Å²) in [6.07, 6.45) is 0. The molecule has 0 fully saturated rings. The molecule has 1 N–H and O–H groups in total. The van der Waals surface area contributed by atoms with E-state index in [0.29, 0.717) is 27.8 Å². The summed E-state index contributed by atoms with van der Waals surface area (Å²) < 4.78 is 0. The molecule has 1 aromatic rings. The van der Waals surface area contributed by atoms with Crippen LogP contribution in [0.1, 0.15) is 32.6 Å². The Bertz CT molecular complexity index is 398. The van der Waals surface area contributed by atoms with Crippen LogP contribution in [0.3, 0.4) is 0 Å². The van der Waals surface area contributed by atoms with Gasteiger partial charge >= 0.3 is 0 Å². The van der Waals surface area contributed by atoms with Crippen molar-refractivity contribution in [2.24, 2.45) is 17.8 Å². The van der Waals surface area contributed by atoms with Crippen LogP contribution in [-0.4, -0.2) is 11.5 Å². The zero-order valence-electron chi connectivity index (χ0n) is 10.6. The monoisotopic (exact) mass is 271 g/mol. The molecule has 1 rings (SSSR count). The van der Waals surface area contributed by atoms with Crippen molar-refractivity contribution < 1.29 is 0 Å². The molecule has 5 heteroatoms. The number of hydrogen-bond acceptors (Lipinski definition) is 4. The molecule has 0 radical (unpaired) electrons. The highest BCUT2D eigenvalue weighted by Gasteiger charge is 2.18. The number of anilines is 1. The lowest BCUT2D eigenvalue weighted by Gasteiger charge is -2.24. The molecule has 0 unspecified atom stereocenters. The molecule has 0 aromatic carbocycles. The molecule has 0 amide bonds. The van der Waals surface area contributed by atoms with E-state index in [-0.39, 0.29) is 0 Å². The van der Waals surface area contributed by atoms with E-state index < -0.39 is 0 Å². The molecule has 0 saturated heterocycles. The van der Waals surface area contributed by atoms with Gasteiger partial charge in [0.1, 0.15) is 10.9 Å². The highest BCUT2D eigenvalue weighted by Crippen LogP contribution is 2.27. The van der Waals surface area contributed by atoms with E-state index in [1.165, 1.54) is 11.3 Å². The first-order valence-corrected chi connectivity index (χ1v) is 6.95. The maximum absolute atomic E-state index is 8.79. The van der Waals surface area contributed by atoms with Crippen molar-refractivity contribution in [3.05, 3.63) is 10.0 Å². The Morgan fingerprint density at radius 3 is 2.35 bits per heavy atom. The number of aromatic nitrogens is 1. The van der Waals surface area contributed by atoms with E-state index in [2.05, 4.69) is 38.0 Å². The summed E-state index contributed by atoms with van der Waals surface area (Å²) in [6.45, 7) is 9.76. The first-order valence-electron chi connectivity index (χ1n) is 5.76. The zero-order chi connectivity index (χ0) is 13.0. The van der Waals surface area contributed by atoms with E-state index in [1.807, 2.05) is 6.07 Å². The number of nitrogens with one attached hydrogen (secondary N) is 1. The second kappa shape index (κ2) is 6.23. The Labute approximate surface area is 112 Å². The fourth-order valence-electron chi connectivity index (χ4n) is 1.89. The van der Waals surface area contributed by atoms with Crippen molar-refractivity contribution in [1.29, 1.82) is 5.26 Å². The van der Waals surface area contributed by atoms with Gasteiger partial charge in [0.25, 0.3) is 0 Å². The maximum Gasteiger partial charge on any atom is 0.185 e. The van der Waals surface area contributed by atoms with Crippen LogP contribution in [-0.2, 0) is 0 Å². The Hall–Kier alpha value is -0.790. The van der Waals surface area contributed by atoms with E-state index in [4.69, 9.17) is 16.9 Å². The van der Waals surface area contributed by atoms with E-state index in [1.54, 1.807) is 0 Å². The summed E-state index contributed by atoms with van der Waals surface area (Å²) in [5.41, 5.74) is 0. The molecule has 3 nitrogen and oxygen atoms in total. The van der Waals surface area contributed by atoms with Gasteiger partial charge in [-0.25, -0.2) is 4.98 Å². The second-order valence-electron chi connectivity index (χ2n) is 4.78. The van der Waals surface area contributed by atoms with Gasteiger partial charge < -0.3 is 5.32 Å². The maximum atomic E-state index is 8.79. The summed E-state index contributed by atoms with van der Waals surface area (Å²) in [4.78, 5) is 4.59. The van der Waals surface area contributed by atoms with Crippen molar-refractivity contribution in [3.8, 4) is 6.07 Å². The van der Waals surface area contributed by atoms with E-state index >= 15 is 0 Å². The normalized spacial score (nSPS) is 11.2. The summed E-state index contributed by atoms with van der Waals surface area (Å²) in [5.74, 6) is 1.82. The third-order valence-electron chi connectivity index (χ3n) is 2.89. The molecular formula is C12H18ClN3S. The first kappa shape index (κ1) is 14.3. The topological polar surface area (TPSA) is 48.7 Å². The smallest absolute Gasteiger partial charge is 0.185 e. The fourth-order valence-corrected chi connectivity index (χ4v) is 2.85. The molecule has 0 spiro atoms. The Kier molecular flexibility index (Phi) is 5.23. The number of hydrogen-bond donors (Lipinski definition) is 1. The van der Waals surface area contributed by atoms with Gasteiger partial charge in [-0.05, 0) is 17.8 Å². The molecule has 0 saturated carbocycles. The molecule has 0 aliphatic heterocycles. The first-order chi connectivity index (χ1) is 7.95. The number of halogens is 1. The molecule has 1 aromatic heterocycles. The minimum absolute atomic E-state index is 0.297. The minimum atomic E-state index is 0.297. The van der Waals surface area contributed by atoms with Gasteiger partial charge in [0.15, 0.2) is 10.3 Å². The predicted molar refractivity (Wildman–Crippen MR) is 73.5 cm³/mol. The summed E-state index contributed by atoms with van der Waals surface area (Å²) in [6, 6.07) is 2.03. The highest BCUT2D eigenvalue weighted by atomic mass is 35.5. The van der Waals surface area contributed by atoms with Gasteiger partial charge in [0.2, 0.25) is 0 Å². The molecule has 0 aliphatic rings. The second-order valence-corrected chi connectivity index (χ2v) is 6.14. The number of nitrogens with zero attached hydrogens (tertiary/aromatic N) is 2. The van der Waals surface area contributed by atoms with Crippen LogP contribution >= 0.6 is 22.9 Å². The lowest BCUT2D eigenvalue weighted by atomic mass is 9.86. The number of nitriles is 1. The van der Waals surface area contributed by atoms with Crippen molar-refractivity contribution in [2.45, 2.75) is 27.7 Å². The SMILES string of the molecule is CC(C)C(CNc1nc(Cl)c(C#N)s1)C(C)C. The lowest BCUT2D eigenvalue weighted by Crippen LogP contribution is -2.24. The third kappa shape index (κ3) is 3.86. The lowest BCUT2D eigenvalue weighted by molar-refractivity contribution is 0.304. The minimum Gasteiger partial charge on any atom is -0.361 e. The molecule has 0 bridgehead atoms. The van der Waals surface area contributed by atoms with Crippen molar-refractivity contribution in [1.82, 2.24) is 4.98 Å². The Morgan fingerprint density at radius 1 is 1.35 bits per heavy atom. The van der Waals surface area contributed by atoms with Gasteiger partial charge in [-0.2, -0.15) is 5.26 Å². The van der Waals surface area contributed by atoms with Gasteiger partial charge in [-0.1, -0.05) is 50.6 Å². The number of thiazole rings is 1. The summed E-state index contributed by atoms with van der Waals surface area (Å²) >= 11 is 7.13. The van der Waals surface area contributed by atoms with E-state index in [9.17, 15) is 0 Å². The van der Waals surface area contributed by atoms with Gasteiger partial charge in [0.05, 0.1) is 0 Å². The van der Waals surface area contributed by atoms with Crippen LogP contribution in [0.15, 0.2) is 0 Å². The van der Waals surface area contributed by atoms with Crippen LogP contribution in [0.5, 0.6) is 0 Å². The Morgan fingerprint density at radius 2 is 1.94 bits per heavy atom. The average Bonchev–Trinajstić information content (AvgIpc) is 2.58. The van der Waals surface area contributed by atoms with Gasteiger partial charge in [-0.3, -0.25) is 0 Å². The van der Waals surface area contributed by atoms with Crippen molar-refractivity contribution in [3.63, 3.8) is 0 Å². The van der Waals surface area contributed by atoms with Crippen LogP contribution in [0, 0.1) is 29.1 Å². The quantitative estimate of drug-likeness (QED) is 0.880. The molecule has 0 aliphatic carbocycles. The Balaban J connectivity index is 2.63. The molecule has 0 atom stereocenters. The van der Waals surface area contributed by atoms with Crippen LogP contribution in [0.2, 0.25) is 5.15 Å². The fraction of sp³-hybridized carbons (Fsp3) is 0.667. The molecule has 1 heterocycles. The summed E-state index contributed by atoms with van der Waals surface area (Å²) in [7, 11) is 0. The molecular weight excluding hydrogens is 254 g/mol. The highest BCUT2D eigenvalue weighted by molar-refractivity contribution is 7.16. The van der Waals surface area contributed by atoms with Gasteiger partial charge in [0, 0.05) is 6.54 Å². The van der Waals surface area contributed by atoms with E-state index in [0.717, 1.165) is 11.7 Å². The average molecular weight is 272 g/mol. The zero-order valence-corrected chi connectivity index (χ0v) is 12.2. The van der Waals surface area contributed by atoms with Crippen molar-refractivity contribution in [2.75, 3.05) is 11.9 Å². The standard InChI is InChI=1S/C12H18ClN3S/c1-7(2)9(8(3)4)6-15-12-16-11(13)10(5-14)17-12/h7-9H,6H2,1-4H3,(H,15,16). The van der Waals surface area contributed by atoms with Crippen LogP contribution in [0.4, 0.5) is 5.13 Å². The van der Waals surface area contributed by atoms with Crippen LogP contribution < -0.4 is 5.32 Å². The predicted octanol–water partition coefficient (Wildman–Crippen LogP) is 4.01. The molecule has 17 heavy (non-hydrogen) atoms. The number of rotatable bonds is 5. The van der Waals surface area contributed by atoms with Gasteiger partial charge in [-0.15, -0.1) is 0 Å².